The topological polar surface area (TPSA) is 55.8 Å². The van der Waals surface area contributed by atoms with Gasteiger partial charge in [-0.15, -0.1) is 0 Å². The van der Waals surface area contributed by atoms with Crippen LogP contribution in [0.15, 0.2) is 12.1 Å². The van der Waals surface area contributed by atoms with Crippen molar-refractivity contribution in [3.63, 3.8) is 0 Å². The summed E-state index contributed by atoms with van der Waals surface area (Å²) in [6, 6.07) is 3.88. The summed E-state index contributed by atoms with van der Waals surface area (Å²) in [7, 11) is 0. The van der Waals surface area contributed by atoms with Gasteiger partial charge in [-0.2, -0.15) is 0 Å². The Hall–Kier alpha value is -1.71. The molecule has 0 saturated carbocycles. The van der Waals surface area contributed by atoms with Crippen LogP contribution < -0.4 is 9.47 Å². The Morgan fingerprint density at radius 3 is 2.29 bits per heavy atom. The fraction of sp³-hybridized carbons (Fsp3) is 0.588. The Labute approximate surface area is 126 Å². The van der Waals surface area contributed by atoms with Crippen molar-refractivity contribution >= 4 is 5.97 Å². The number of rotatable bonds is 3. The Morgan fingerprint density at radius 2 is 1.76 bits per heavy atom. The molecule has 0 fully saturated rings. The number of aliphatic carboxylic acids is 1. The summed E-state index contributed by atoms with van der Waals surface area (Å²) < 4.78 is 11.7. The molecule has 0 aromatic heterocycles. The predicted octanol–water partition coefficient (Wildman–Crippen LogP) is 3.45. The molecule has 116 valence electrons. The molecule has 1 aliphatic rings. The number of hydrogen-bond donors (Lipinski definition) is 1. The molecule has 21 heavy (non-hydrogen) atoms. The molecule has 0 unspecified atom stereocenters. The van der Waals surface area contributed by atoms with Crippen LogP contribution in [-0.2, 0) is 11.2 Å². The van der Waals surface area contributed by atoms with Crippen LogP contribution in [0.25, 0.3) is 0 Å². The Bertz CT molecular complexity index is 558. The van der Waals surface area contributed by atoms with E-state index in [9.17, 15) is 9.90 Å². The third-order valence-corrected chi connectivity index (χ3v) is 3.85. The van der Waals surface area contributed by atoms with Crippen LogP contribution in [0.2, 0.25) is 0 Å². The largest absolute Gasteiger partial charge is 0.489 e. The number of benzene rings is 1. The highest BCUT2D eigenvalue weighted by molar-refractivity contribution is 5.74. The molecular formula is C17H24O4. The molecule has 0 amide bonds. The normalized spacial score (nSPS) is 17.2. The number of fused-ring (bicyclic) bond motifs is 1. The maximum absolute atomic E-state index is 11.3. The van der Waals surface area contributed by atoms with Gasteiger partial charge in [-0.3, -0.25) is 4.79 Å². The molecule has 2 rings (SSSR count). The second-order valence-electron chi connectivity index (χ2n) is 7.33. The average molecular weight is 292 g/mol. The summed E-state index contributed by atoms with van der Waals surface area (Å²) in [6.45, 7) is 10.8. The molecule has 4 heteroatoms. The quantitative estimate of drug-likeness (QED) is 0.927. The number of hydrogen-bond acceptors (Lipinski definition) is 3. The van der Waals surface area contributed by atoms with Crippen molar-refractivity contribution in [3.05, 3.63) is 23.3 Å². The van der Waals surface area contributed by atoms with E-state index in [0.717, 1.165) is 16.9 Å². The number of ether oxygens (including phenoxy) is 2. The standard InChI is InChI=1S/C17H24O4/c1-11-6-13-14(21-10-16(2,3)9-20-13)7-12(11)8-17(4,5)15(18)19/h6-7H,8-10H2,1-5H3,(H,18,19). The van der Waals surface area contributed by atoms with Crippen molar-refractivity contribution in [1.82, 2.24) is 0 Å². The van der Waals surface area contributed by atoms with Gasteiger partial charge in [0.1, 0.15) is 0 Å². The maximum Gasteiger partial charge on any atom is 0.309 e. The molecule has 1 aliphatic heterocycles. The SMILES string of the molecule is Cc1cc2c(cc1CC(C)(C)C(=O)O)OCC(C)(C)CO2. The van der Waals surface area contributed by atoms with E-state index in [-0.39, 0.29) is 5.41 Å². The summed E-state index contributed by atoms with van der Waals surface area (Å²) in [6.07, 6.45) is 0.466. The molecule has 1 aromatic rings. The zero-order valence-corrected chi connectivity index (χ0v) is 13.4. The predicted molar refractivity (Wildman–Crippen MR) is 81.1 cm³/mol. The van der Waals surface area contributed by atoms with Gasteiger partial charge in [-0.25, -0.2) is 0 Å². The van der Waals surface area contributed by atoms with Gasteiger partial charge in [-0.1, -0.05) is 13.8 Å². The fourth-order valence-electron chi connectivity index (χ4n) is 2.26. The first-order valence-electron chi connectivity index (χ1n) is 7.23. The zero-order valence-electron chi connectivity index (χ0n) is 13.4. The van der Waals surface area contributed by atoms with Crippen LogP contribution in [0.3, 0.4) is 0 Å². The third kappa shape index (κ3) is 3.49. The van der Waals surface area contributed by atoms with E-state index in [2.05, 4.69) is 13.8 Å². The van der Waals surface area contributed by atoms with Gasteiger partial charge in [0.2, 0.25) is 0 Å². The Kier molecular flexibility index (Phi) is 3.91. The fourth-order valence-corrected chi connectivity index (χ4v) is 2.26. The van der Waals surface area contributed by atoms with Crippen LogP contribution in [-0.4, -0.2) is 24.3 Å². The molecular weight excluding hydrogens is 268 g/mol. The molecule has 0 bridgehead atoms. The summed E-state index contributed by atoms with van der Waals surface area (Å²) >= 11 is 0. The van der Waals surface area contributed by atoms with Gasteiger partial charge in [0.15, 0.2) is 11.5 Å². The highest BCUT2D eigenvalue weighted by atomic mass is 16.5. The van der Waals surface area contributed by atoms with E-state index in [0.29, 0.717) is 25.4 Å². The van der Waals surface area contributed by atoms with Gasteiger partial charge in [0, 0.05) is 5.41 Å². The van der Waals surface area contributed by atoms with Crippen LogP contribution in [0.5, 0.6) is 11.5 Å². The van der Waals surface area contributed by atoms with Crippen molar-refractivity contribution in [3.8, 4) is 11.5 Å². The lowest BCUT2D eigenvalue weighted by atomic mass is 9.84. The lowest BCUT2D eigenvalue weighted by Gasteiger charge is -2.21. The van der Waals surface area contributed by atoms with Gasteiger partial charge in [0.25, 0.3) is 0 Å². The summed E-state index contributed by atoms with van der Waals surface area (Å²) in [5, 5.41) is 9.29. The van der Waals surface area contributed by atoms with E-state index >= 15 is 0 Å². The number of aryl methyl sites for hydroxylation is 1. The van der Waals surface area contributed by atoms with E-state index in [1.54, 1.807) is 13.8 Å². The van der Waals surface area contributed by atoms with Crippen LogP contribution in [0.4, 0.5) is 0 Å². The van der Waals surface area contributed by atoms with Crippen molar-refractivity contribution in [2.75, 3.05) is 13.2 Å². The average Bonchev–Trinajstić information content (AvgIpc) is 2.50. The first-order valence-corrected chi connectivity index (χ1v) is 7.23. The molecule has 1 N–H and O–H groups in total. The van der Waals surface area contributed by atoms with E-state index in [1.165, 1.54) is 0 Å². The molecule has 0 spiro atoms. The lowest BCUT2D eigenvalue weighted by Crippen LogP contribution is -2.26. The third-order valence-electron chi connectivity index (χ3n) is 3.85. The molecule has 1 aromatic carbocycles. The van der Waals surface area contributed by atoms with E-state index < -0.39 is 11.4 Å². The van der Waals surface area contributed by atoms with Crippen LogP contribution >= 0.6 is 0 Å². The molecule has 0 saturated heterocycles. The maximum atomic E-state index is 11.3. The van der Waals surface area contributed by atoms with Crippen molar-refractivity contribution in [2.45, 2.75) is 41.0 Å². The summed E-state index contributed by atoms with van der Waals surface area (Å²) in [5.74, 6) is 0.660. The van der Waals surface area contributed by atoms with Crippen molar-refractivity contribution in [1.29, 1.82) is 0 Å². The molecule has 0 aliphatic carbocycles. The molecule has 0 atom stereocenters. The zero-order chi connectivity index (χ0) is 15.8. The first-order chi connectivity index (χ1) is 9.61. The molecule has 4 nitrogen and oxygen atoms in total. The van der Waals surface area contributed by atoms with E-state index in [1.807, 2.05) is 19.1 Å². The first kappa shape index (κ1) is 15.7. The van der Waals surface area contributed by atoms with Crippen LogP contribution in [0, 0.1) is 17.8 Å². The van der Waals surface area contributed by atoms with Crippen molar-refractivity contribution < 1.29 is 19.4 Å². The number of carbonyl (C=O) groups is 1. The monoisotopic (exact) mass is 292 g/mol. The summed E-state index contributed by atoms with van der Waals surface area (Å²) in [5.41, 5.74) is 1.19. The highest BCUT2D eigenvalue weighted by Gasteiger charge is 2.30. The van der Waals surface area contributed by atoms with Gasteiger partial charge >= 0.3 is 5.97 Å². The summed E-state index contributed by atoms with van der Waals surface area (Å²) in [4.78, 5) is 11.3. The Morgan fingerprint density at radius 1 is 1.24 bits per heavy atom. The lowest BCUT2D eigenvalue weighted by molar-refractivity contribution is -0.146. The van der Waals surface area contributed by atoms with Gasteiger partial charge < -0.3 is 14.6 Å². The van der Waals surface area contributed by atoms with Crippen LogP contribution in [0.1, 0.15) is 38.8 Å². The second kappa shape index (κ2) is 5.24. The molecule has 1 heterocycles. The number of carboxylic acids is 1. The smallest absolute Gasteiger partial charge is 0.309 e. The highest BCUT2D eigenvalue weighted by Crippen LogP contribution is 2.37. The minimum atomic E-state index is -0.802. The minimum absolute atomic E-state index is 0.0343. The number of carboxylic acid groups (broad SMARTS) is 1. The second-order valence-corrected chi connectivity index (χ2v) is 7.33. The van der Waals surface area contributed by atoms with Crippen molar-refractivity contribution in [2.24, 2.45) is 10.8 Å². The van der Waals surface area contributed by atoms with Gasteiger partial charge in [0.05, 0.1) is 18.6 Å². The minimum Gasteiger partial charge on any atom is -0.489 e. The Balaban J connectivity index is 2.31. The molecule has 0 radical (unpaired) electrons. The van der Waals surface area contributed by atoms with Gasteiger partial charge in [-0.05, 0) is 50.5 Å². The van der Waals surface area contributed by atoms with E-state index in [4.69, 9.17) is 9.47 Å².